The van der Waals surface area contributed by atoms with Crippen LogP contribution in [0.3, 0.4) is 0 Å². The minimum absolute atomic E-state index is 0.108. The van der Waals surface area contributed by atoms with Crippen molar-refractivity contribution in [3.8, 4) is 5.75 Å². The second kappa shape index (κ2) is 6.64. The van der Waals surface area contributed by atoms with Gasteiger partial charge in [0, 0.05) is 17.6 Å². The average molecular weight is 315 g/mol. The number of halogens is 1. The number of ether oxygens (including phenoxy) is 1. The largest absolute Gasteiger partial charge is 0.495 e. The summed E-state index contributed by atoms with van der Waals surface area (Å²) < 4.78 is 6.22. The second-order valence-corrected chi connectivity index (χ2v) is 4.82. The number of nitrogens with one attached hydrogen (secondary N) is 1. The van der Waals surface area contributed by atoms with E-state index in [4.69, 9.17) is 4.74 Å². The van der Waals surface area contributed by atoms with Gasteiger partial charge in [-0.3, -0.25) is 0 Å². The van der Waals surface area contributed by atoms with Crippen LogP contribution < -0.4 is 10.1 Å². The Hall–Kier alpha value is -1.23. The minimum atomic E-state index is -0.108. The van der Waals surface area contributed by atoms with Gasteiger partial charge in [0.2, 0.25) is 0 Å². The van der Waals surface area contributed by atoms with Gasteiger partial charge in [-0.25, -0.2) is 4.79 Å². The molecule has 100 valence electrons. The Labute approximate surface area is 116 Å². The highest BCUT2D eigenvalue weighted by atomic mass is 79.9. The van der Waals surface area contributed by atoms with E-state index in [0.717, 1.165) is 15.7 Å². The highest BCUT2D eigenvalue weighted by Crippen LogP contribution is 2.32. The van der Waals surface area contributed by atoms with Crippen LogP contribution in [0.15, 0.2) is 16.6 Å². The molecule has 2 amide bonds. The van der Waals surface area contributed by atoms with Gasteiger partial charge in [0.15, 0.2) is 0 Å². The van der Waals surface area contributed by atoms with E-state index in [2.05, 4.69) is 21.2 Å². The van der Waals surface area contributed by atoms with Crippen molar-refractivity contribution in [2.24, 2.45) is 0 Å². The van der Waals surface area contributed by atoms with E-state index in [1.54, 1.807) is 12.0 Å². The molecule has 0 aliphatic carbocycles. The van der Waals surface area contributed by atoms with Gasteiger partial charge >= 0.3 is 6.03 Å². The zero-order valence-electron chi connectivity index (χ0n) is 11.2. The van der Waals surface area contributed by atoms with Gasteiger partial charge in [0.25, 0.3) is 0 Å². The Morgan fingerprint density at radius 1 is 1.39 bits per heavy atom. The van der Waals surface area contributed by atoms with E-state index >= 15 is 0 Å². The van der Waals surface area contributed by atoms with Crippen molar-refractivity contribution in [1.82, 2.24) is 4.90 Å². The fourth-order valence-corrected chi connectivity index (χ4v) is 2.28. The first-order valence-electron chi connectivity index (χ1n) is 5.93. The van der Waals surface area contributed by atoms with Crippen LogP contribution in [0.1, 0.15) is 19.4 Å². The molecule has 0 aliphatic heterocycles. The molecule has 0 saturated heterocycles. The predicted octanol–water partition coefficient (Wildman–Crippen LogP) is 3.64. The third-order valence-corrected chi connectivity index (χ3v) is 3.22. The second-order valence-electron chi connectivity index (χ2n) is 3.90. The number of urea groups is 1. The maximum Gasteiger partial charge on any atom is 0.321 e. The van der Waals surface area contributed by atoms with Crippen molar-refractivity contribution in [3.63, 3.8) is 0 Å². The first-order chi connectivity index (χ1) is 8.53. The Morgan fingerprint density at radius 2 is 2.00 bits per heavy atom. The number of amides is 2. The van der Waals surface area contributed by atoms with Crippen LogP contribution in [0, 0.1) is 6.92 Å². The van der Waals surface area contributed by atoms with Gasteiger partial charge in [0.1, 0.15) is 5.75 Å². The number of anilines is 1. The molecule has 0 aliphatic rings. The molecule has 1 N–H and O–H groups in total. The van der Waals surface area contributed by atoms with Crippen LogP contribution in [0.25, 0.3) is 0 Å². The van der Waals surface area contributed by atoms with Crippen LogP contribution in [0.2, 0.25) is 0 Å². The summed E-state index contributed by atoms with van der Waals surface area (Å²) in [6.07, 6.45) is 0. The fourth-order valence-electron chi connectivity index (χ4n) is 1.73. The van der Waals surface area contributed by atoms with Crippen LogP contribution in [0.5, 0.6) is 5.75 Å². The quantitative estimate of drug-likeness (QED) is 0.921. The van der Waals surface area contributed by atoms with E-state index in [1.165, 1.54) is 0 Å². The lowest BCUT2D eigenvalue weighted by atomic mass is 10.2. The summed E-state index contributed by atoms with van der Waals surface area (Å²) in [4.78, 5) is 13.8. The number of aryl methyl sites for hydroxylation is 1. The van der Waals surface area contributed by atoms with Crippen molar-refractivity contribution in [2.75, 3.05) is 25.5 Å². The zero-order chi connectivity index (χ0) is 13.7. The Morgan fingerprint density at radius 3 is 2.50 bits per heavy atom. The van der Waals surface area contributed by atoms with Gasteiger partial charge in [-0.15, -0.1) is 0 Å². The molecular formula is C13H19BrN2O2. The molecule has 0 bridgehead atoms. The molecule has 1 aromatic carbocycles. The number of methoxy groups -OCH3 is 1. The molecule has 0 fully saturated rings. The molecule has 0 spiro atoms. The number of hydrogen-bond donors (Lipinski definition) is 1. The van der Waals surface area contributed by atoms with Crippen molar-refractivity contribution in [3.05, 3.63) is 22.2 Å². The molecular weight excluding hydrogens is 296 g/mol. The molecule has 18 heavy (non-hydrogen) atoms. The predicted molar refractivity (Wildman–Crippen MR) is 77.4 cm³/mol. The minimum Gasteiger partial charge on any atom is -0.495 e. The lowest BCUT2D eigenvalue weighted by Crippen LogP contribution is -2.34. The number of nitrogens with zero attached hydrogens (tertiary/aromatic N) is 1. The lowest BCUT2D eigenvalue weighted by Gasteiger charge is -2.21. The Bertz CT molecular complexity index is 431. The molecule has 0 aromatic heterocycles. The van der Waals surface area contributed by atoms with E-state index in [0.29, 0.717) is 18.8 Å². The number of carbonyl (C=O) groups excluding carboxylic acids is 1. The first kappa shape index (κ1) is 14.8. The van der Waals surface area contributed by atoms with Crippen LogP contribution in [0.4, 0.5) is 10.5 Å². The highest BCUT2D eigenvalue weighted by Gasteiger charge is 2.14. The van der Waals surface area contributed by atoms with Crippen molar-refractivity contribution >= 4 is 27.6 Å². The fraction of sp³-hybridized carbons (Fsp3) is 0.462. The number of rotatable bonds is 4. The number of carbonyl (C=O) groups is 1. The molecule has 0 heterocycles. The van der Waals surface area contributed by atoms with E-state index in [9.17, 15) is 4.79 Å². The molecule has 0 unspecified atom stereocenters. The molecule has 0 atom stereocenters. The number of benzene rings is 1. The summed E-state index contributed by atoms with van der Waals surface area (Å²) in [6.45, 7) is 7.20. The average Bonchev–Trinajstić information content (AvgIpc) is 2.33. The van der Waals surface area contributed by atoms with E-state index < -0.39 is 0 Å². The molecule has 1 aromatic rings. The first-order valence-corrected chi connectivity index (χ1v) is 6.72. The van der Waals surface area contributed by atoms with Crippen LogP contribution >= 0.6 is 15.9 Å². The van der Waals surface area contributed by atoms with Gasteiger partial charge < -0.3 is 15.0 Å². The maximum atomic E-state index is 12.0. The summed E-state index contributed by atoms with van der Waals surface area (Å²) in [5.41, 5.74) is 1.68. The topological polar surface area (TPSA) is 41.6 Å². The SMILES string of the molecule is CCN(CC)C(=O)Nc1c(C)cc(Br)cc1OC. The monoisotopic (exact) mass is 314 g/mol. The van der Waals surface area contributed by atoms with Crippen LogP contribution in [-0.4, -0.2) is 31.1 Å². The molecule has 0 saturated carbocycles. The third kappa shape index (κ3) is 3.38. The van der Waals surface area contributed by atoms with Crippen molar-refractivity contribution < 1.29 is 9.53 Å². The molecule has 5 heteroatoms. The smallest absolute Gasteiger partial charge is 0.321 e. The Balaban J connectivity index is 3.00. The summed E-state index contributed by atoms with van der Waals surface area (Å²) in [7, 11) is 1.59. The molecule has 4 nitrogen and oxygen atoms in total. The van der Waals surface area contributed by atoms with E-state index in [1.807, 2.05) is 32.9 Å². The third-order valence-electron chi connectivity index (χ3n) is 2.77. The highest BCUT2D eigenvalue weighted by molar-refractivity contribution is 9.10. The molecule has 0 radical (unpaired) electrons. The van der Waals surface area contributed by atoms with Crippen molar-refractivity contribution in [1.29, 1.82) is 0 Å². The molecule has 1 rings (SSSR count). The van der Waals surface area contributed by atoms with Gasteiger partial charge in [-0.2, -0.15) is 0 Å². The van der Waals surface area contributed by atoms with Gasteiger partial charge in [-0.1, -0.05) is 15.9 Å². The Kier molecular flexibility index (Phi) is 5.47. The summed E-state index contributed by atoms with van der Waals surface area (Å²) in [5, 5.41) is 2.90. The summed E-state index contributed by atoms with van der Waals surface area (Å²) >= 11 is 3.41. The zero-order valence-corrected chi connectivity index (χ0v) is 12.8. The lowest BCUT2D eigenvalue weighted by molar-refractivity contribution is 0.217. The maximum absolute atomic E-state index is 12.0. The summed E-state index contributed by atoms with van der Waals surface area (Å²) in [5.74, 6) is 0.655. The van der Waals surface area contributed by atoms with Gasteiger partial charge in [-0.05, 0) is 38.5 Å². The number of hydrogen-bond acceptors (Lipinski definition) is 2. The van der Waals surface area contributed by atoms with E-state index in [-0.39, 0.29) is 6.03 Å². The summed E-state index contributed by atoms with van der Waals surface area (Å²) in [6, 6.07) is 3.68. The normalized spacial score (nSPS) is 10.1. The van der Waals surface area contributed by atoms with Crippen molar-refractivity contribution in [2.45, 2.75) is 20.8 Å². The standard InChI is InChI=1S/C13H19BrN2O2/c1-5-16(6-2)13(17)15-12-9(3)7-10(14)8-11(12)18-4/h7-8H,5-6H2,1-4H3,(H,15,17). The van der Waals surface area contributed by atoms with Gasteiger partial charge in [0.05, 0.1) is 12.8 Å². The van der Waals surface area contributed by atoms with Crippen LogP contribution in [-0.2, 0) is 0 Å².